The molecule has 1 amide bonds. The third-order valence-corrected chi connectivity index (χ3v) is 8.34. The van der Waals surface area contributed by atoms with Gasteiger partial charge in [-0.05, 0) is 43.5 Å². The molecule has 0 aliphatic carbocycles. The molecule has 1 saturated heterocycles. The summed E-state index contributed by atoms with van der Waals surface area (Å²) in [5.74, 6) is 0.0667. The van der Waals surface area contributed by atoms with Crippen LogP contribution in [-0.4, -0.2) is 62.3 Å². The largest absolute Gasteiger partial charge is 0.308 e. The lowest BCUT2D eigenvalue weighted by molar-refractivity contribution is -0.120. The summed E-state index contributed by atoms with van der Waals surface area (Å²) in [6, 6.07) is 14.7. The van der Waals surface area contributed by atoms with E-state index in [1.807, 2.05) is 28.0 Å². The van der Waals surface area contributed by atoms with E-state index < -0.39 is 10.0 Å². The van der Waals surface area contributed by atoms with Crippen LogP contribution < -0.4 is 4.90 Å². The van der Waals surface area contributed by atoms with Crippen LogP contribution in [-0.2, 0) is 21.2 Å². The normalized spacial score (nSPS) is 20.7. The molecule has 0 radical (unpaired) electrons. The van der Waals surface area contributed by atoms with E-state index in [-0.39, 0.29) is 21.9 Å². The summed E-state index contributed by atoms with van der Waals surface area (Å²) in [5, 5.41) is 0.229. The molecule has 0 N–H and O–H groups in total. The Hall–Kier alpha value is -1.93. The van der Waals surface area contributed by atoms with Crippen LogP contribution in [0.2, 0.25) is 5.02 Å². The van der Waals surface area contributed by atoms with E-state index in [4.69, 9.17) is 11.6 Å². The molecule has 0 aromatic heterocycles. The molecule has 30 heavy (non-hydrogen) atoms. The van der Waals surface area contributed by atoms with Gasteiger partial charge in [0, 0.05) is 37.9 Å². The number of hydrogen-bond donors (Lipinski definition) is 0. The monoisotopic (exact) mass is 447 g/mol. The predicted octanol–water partition coefficient (Wildman–Crippen LogP) is 3.01. The van der Waals surface area contributed by atoms with E-state index in [1.165, 1.54) is 15.9 Å². The fourth-order valence-electron chi connectivity index (χ4n) is 4.26. The van der Waals surface area contributed by atoms with Crippen molar-refractivity contribution in [1.29, 1.82) is 0 Å². The lowest BCUT2D eigenvalue weighted by atomic mass is 9.96. The topological polar surface area (TPSA) is 60.9 Å². The summed E-state index contributed by atoms with van der Waals surface area (Å²) < 4.78 is 27.3. The van der Waals surface area contributed by atoms with E-state index in [1.54, 1.807) is 18.2 Å². The van der Waals surface area contributed by atoms with Gasteiger partial charge in [0.05, 0.1) is 11.6 Å². The lowest BCUT2D eigenvalue weighted by Crippen LogP contribution is -2.53. The Balaban J connectivity index is 1.41. The van der Waals surface area contributed by atoms with Crippen LogP contribution in [0.3, 0.4) is 0 Å². The van der Waals surface area contributed by atoms with Gasteiger partial charge in [-0.1, -0.05) is 41.9 Å². The fraction of sp³-hybridized carbons (Fsp3) is 0.409. The number of sulfonamides is 1. The van der Waals surface area contributed by atoms with Crippen molar-refractivity contribution in [2.45, 2.75) is 30.7 Å². The Labute approximate surface area is 183 Å². The highest BCUT2D eigenvalue weighted by atomic mass is 35.5. The molecule has 4 rings (SSSR count). The maximum absolute atomic E-state index is 13.1. The predicted molar refractivity (Wildman–Crippen MR) is 118 cm³/mol. The van der Waals surface area contributed by atoms with Crippen molar-refractivity contribution in [1.82, 2.24) is 9.21 Å². The number of carbonyl (C=O) groups excluding carboxylic acids is 1. The molecule has 8 heteroatoms. The number of carbonyl (C=O) groups is 1. The smallest absolute Gasteiger partial charge is 0.244 e. The third-order valence-electron chi connectivity index (χ3n) is 5.94. The molecular formula is C22H26ClN3O3S. The molecule has 0 spiro atoms. The molecule has 6 nitrogen and oxygen atoms in total. The van der Waals surface area contributed by atoms with Gasteiger partial charge in [-0.2, -0.15) is 4.31 Å². The number of halogens is 1. The summed E-state index contributed by atoms with van der Waals surface area (Å²) in [7, 11) is -3.63. The molecular weight excluding hydrogens is 422 g/mol. The van der Waals surface area contributed by atoms with Crippen molar-refractivity contribution in [3.63, 3.8) is 0 Å². The number of rotatable bonds is 4. The zero-order valence-electron chi connectivity index (χ0n) is 17.0. The zero-order chi connectivity index (χ0) is 21.3. The van der Waals surface area contributed by atoms with Crippen LogP contribution in [0, 0.1) is 0 Å². The van der Waals surface area contributed by atoms with Crippen molar-refractivity contribution < 1.29 is 13.2 Å². The number of aryl methyl sites for hydroxylation is 1. The Morgan fingerprint density at radius 3 is 2.43 bits per heavy atom. The van der Waals surface area contributed by atoms with Gasteiger partial charge in [-0.15, -0.1) is 0 Å². The molecule has 0 bridgehead atoms. The molecule has 2 aliphatic heterocycles. The summed E-state index contributed by atoms with van der Waals surface area (Å²) in [6.07, 6.45) is 1.94. The van der Waals surface area contributed by atoms with Crippen LogP contribution in [0.4, 0.5) is 5.69 Å². The number of fused-ring (bicyclic) bond motifs is 1. The molecule has 1 atom stereocenters. The van der Waals surface area contributed by atoms with E-state index in [2.05, 4.69) is 13.0 Å². The first-order valence-corrected chi connectivity index (χ1v) is 12.1. The molecule has 1 fully saturated rings. The summed E-state index contributed by atoms with van der Waals surface area (Å²) in [6.45, 7) is 4.08. The maximum atomic E-state index is 13.1. The first kappa shape index (κ1) is 21.3. The number of benzene rings is 2. The van der Waals surface area contributed by atoms with Crippen LogP contribution >= 0.6 is 11.6 Å². The molecule has 2 aliphatic rings. The number of para-hydroxylation sites is 1. The zero-order valence-corrected chi connectivity index (χ0v) is 18.6. The summed E-state index contributed by atoms with van der Waals surface area (Å²) in [4.78, 5) is 17.2. The Morgan fingerprint density at radius 2 is 1.70 bits per heavy atom. The van der Waals surface area contributed by atoms with Crippen LogP contribution in [0.1, 0.15) is 18.9 Å². The van der Waals surface area contributed by atoms with E-state index in [0.29, 0.717) is 32.7 Å². The molecule has 0 saturated carbocycles. The number of amides is 1. The van der Waals surface area contributed by atoms with Gasteiger partial charge >= 0.3 is 0 Å². The van der Waals surface area contributed by atoms with E-state index >= 15 is 0 Å². The maximum Gasteiger partial charge on any atom is 0.244 e. The standard InChI is InChI=1S/C22H26ClN3O3S/c1-17-10-11-18-6-2-4-8-20(18)26(17)22(27)16-24-12-14-25(15-13-24)30(28,29)21-9-5-3-7-19(21)23/h2-9,17H,10-16H2,1H3. The minimum atomic E-state index is -3.63. The Morgan fingerprint density at radius 1 is 1.03 bits per heavy atom. The average molecular weight is 448 g/mol. The van der Waals surface area contributed by atoms with Gasteiger partial charge in [0.15, 0.2) is 0 Å². The highest BCUT2D eigenvalue weighted by Gasteiger charge is 2.33. The highest BCUT2D eigenvalue weighted by Crippen LogP contribution is 2.31. The lowest BCUT2D eigenvalue weighted by Gasteiger charge is -2.38. The summed E-state index contributed by atoms with van der Waals surface area (Å²) in [5.41, 5.74) is 2.21. The first-order valence-electron chi connectivity index (χ1n) is 10.2. The second-order valence-electron chi connectivity index (χ2n) is 7.89. The van der Waals surface area contributed by atoms with Gasteiger partial charge < -0.3 is 4.90 Å². The highest BCUT2D eigenvalue weighted by molar-refractivity contribution is 7.89. The van der Waals surface area contributed by atoms with Crippen molar-refractivity contribution in [3.8, 4) is 0 Å². The van der Waals surface area contributed by atoms with Crippen LogP contribution in [0.15, 0.2) is 53.4 Å². The molecule has 1 unspecified atom stereocenters. The number of nitrogens with zero attached hydrogens (tertiary/aromatic N) is 3. The van der Waals surface area contributed by atoms with Crippen molar-refractivity contribution >= 4 is 33.2 Å². The second-order valence-corrected chi connectivity index (χ2v) is 10.2. The van der Waals surface area contributed by atoms with Gasteiger partial charge in [0.2, 0.25) is 15.9 Å². The number of hydrogen-bond acceptors (Lipinski definition) is 4. The van der Waals surface area contributed by atoms with Crippen molar-refractivity contribution in [2.75, 3.05) is 37.6 Å². The van der Waals surface area contributed by atoms with Gasteiger partial charge in [0.25, 0.3) is 0 Å². The van der Waals surface area contributed by atoms with E-state index in [9.17, 15) is 13.2 Å². The van der Waals surface area contributed by atoms with Crippen LogP contribution in [0.25, 0.3) is 0 Å². The first-order chi connectivity index (χ1) is 14.4. The molecule has 2 heterocycles. The Kier molecular flexibility index (Phi) is 6.16. The minimum Gasteiger partial charge on any atom is -0.308 e. The summed E-state index contributed by atoms with van der Waals surface area (Å²) >= 11 is 6.10. The fourth-order valence-corrected chi connectivity index (χ4v) is 6.17. The van der Waals surface area contributed by atoms with Crippen molar-refractivity contribution in [3.05, 3.63) is 59.1 Å². The minimum absolute atomic E-state index is 0.0667. The quantitative estimate of drug-likeness (QED) is 0.722. The number of anilines is 1. The molecule has 2 aromatic carbocycles. The second kappa shape index (κ2) is 8.67. The average Bonchev–Trinajstić information content (AvgIpc) is 2.74. The Bertz CT molecular complexity index is 1040. The molecule has 160 valence electrons. The van der Waals surface area contributed by atoms with E-state index in [0.717, 1.165) is 18.5 Å². The van der Waals surface area contributed by atoms with Gasteiger partial charge in [-0.25, -0.2) is 8.42 Å². The molecule has 2 aromatic rings. The third kappa shape index (κ3) is 4.12. The number of piperazine rings is 1. The van der Waals surface area contributed by atoms with Crippen molar-refractivity contribution in [2.24, 2.45) is 0 Å². The van der Waals surface area contributed by atoms with Gasteiger partial charge in [0.1, 0.15) is 4.90 Å². The SMILES string of the molecule is CC1CCc2ccccc2N1C(=O)CN1CCN(S(=O)(=O)c2ccccc2Cl)CC1. The van der Waals surface area contributed by atoms with Gasteiger partial charge in [-0.3, -0.25) is 9.69 Å². The van der Waals surface area contributed by atoms with Crippen LogP contribution in [0.5, 0.6) is 0 Å².